The van der Waals surface area contributed by atoms with Crippen molar-refractivity contribution in [1.82, 2.24) is 31.2 Å². The first kappa shape index (κ1) is 42.1. The summed E-state index contributed by atoms with van der Waals surface area (Å²) >= 11 is 0. The largest absolute Gasteiger partial charge is 0.445 e. The van der Waals surface area contributed by atoms with E-state index in [9.17, 15) is 24.3 Å². The van der Waals surface area contributed by atoms with Crippen LogP contribution in [0.5, 0.6) is 0 Å². The molecule has 1 heterocycles. The quantitative estimate of drug-likeness (QED) is 0.0731. The molecule has 0 saturated heterocycles. The van der Waals surface area contributed by atoms with Crippen LogP contribution in [0.4, 0.5) is 10.7 Å². The summed E-state index contributed by atoms with van der Waals surface area (Å²) < 4.78 is 5.41. The number of rotatable bonds is 18. The van der Waals surface area contributed by atoms with Gasteiger partial charge in [-0.3, -0.25) is 24.6 Å². The molecule has 4 aromatic carbocycles. The van der Waals surface area contributed by atoms with Gasteiger partial charge in [-0.1, -0.05) is 131 Å². The van der Waals surface area contributed by atoms with Crippen molar-refractivity contribution in [3.05, 3.63) is 132 Å². The maximum atomic E-state index is 14.4. The van der Waals surface area contributed by atoms with E-state index >= 15 is 0 Å². The topological polar surface area (TPSA) is 178 Å². The molecule has 13 heteroatoms. The average Bonchev–Trinajstić information content (AvgIpc) is 3.66. The van der Waals surface area contributed by atoms with Gasteiger partial charge in [-0.15, -0.1) is 0 Å². The standard InChI is InChI=1S/C44H53N7O6/c1-28(2)36(50-44(56)57-27-32-21-13-8-14-22-32)40(53)46-35(25-30-17-9-6-10-18-30)39(52)38(45-26-31-19-11-7-12-20-31)41(54)49-37(29(3)4)42(55)51(5)43-47-33-23-15-16-24-34(33)48-43/h6-24,28-29,35-39,45,52H,25-27H2,1-5H3,(H,46,53)(H,47,48)(H,49,54)(H,50,56)/t35-,36-,37+,38?,39-/m0/s1. The Hall–Kier alpha value is -6.05. The number of carbonyl (C=O) groups is 4. The Morgan fingerprint density at radius 1 is 0.684 bits per heavy atom. The van der Waals surface area contributed by atoms with Crippen LogP contribution in [0.1, 0.15) is 44.4 Å². The molecule has 4 amide bonds. The predicted octanol–water partition coefficient (Wildman–Crippen LogP) is 4.86. The van der Waals surface area contributed by atoms with Gasteiger partial charge in [0.15, 0.2) is 0 Å². The van der Waals surface area contributed by atoms with Crippen molar-refractivity contribution in [2.24, 2.45) is 11.8 Å². The van der Waals surface area contributed by atoms with Crippen molar-refractivity contribution in [3.63, 3.8) is 0 Å². The van der Waals surface area contributed by atoms with Crippen LogP contribution in [-0.4, -0.2) is 76.2 Å². The number of likely N-dealkylation sites (N-methyl/N-ethyl adjacent to an activating group) is 1. The smallest absolute Gasteiger partial charge is 0.408 e. The van der Waals surface area contributed by atoms with E-state index in [1.807, 2.05) is 129 Å². The molecule has 13 nitrogen and oxygen atoms in total. The molecule has 300 valence electrons. The molecule has 57 heavy (non-hydrogen) atoms. The van der Waals surface area contributed by atoms with Gasteiger partial charge in [0, 0.05) is 13.6 Å². The third-order valence-electron chi connectivity index (χ3n) is 9.72. The number of nitrogens with one attached hydrogen (secondary N) is 5. The third-order valence-corrected chi connectivity index (χ3v) is 9.72. The maximum Gasteiger partial charge on any atom is 0.408 e. The first-order chi connectivity index (χ1) is 27.4. The summed E-state index contributed by atoms with van der Waals surface area (Å²) in [6, 6.07) is 30.9. The van der Waals surface area contributed by atoms with Gasteiger partial charge in [0.1, 0.15) is 24.7 Å². The lowest BCUT2D eigenvalue weighted by Gasteiger charge is -2.34. The Bertz CT molecular complexity index is 2030. The monoisotopic (exact) mass is 775 g/mol. The Morgan fingerprint density at radius 3 is 1.82 bits per heavy atom. The summed E-state index contributed by atoms with van der Waals surface area (Å²) in [6.45, 7) is 7.43. The molecule has 0 aliphatic heterocycles. The molecule has 0 bridgehead atoms. The number of hydrogen-bond acceptors (Lipinski definition) is 8. The molecule has 1 unspecified atom stereocenters. The van der Waals surface area contributed by atoms with E-state index in [1.165, 1.54) is 4.90 Å². The average molecular weight is 776 g/mol. The van der Waals surface area contributed by atoms with E-state index in [0.717, 1.165) is 22.2 Å². The molecule has 1 aromatic heterocycles. The molecule has 5 rings (SSSR count). The molecule has 0 spiro atoms. The number of aromatic nitrogens is 2. The lowest BCUT2D eigenvalue weighted by Crippen LogP contribution is -2.63. The normalized spacial score (nSPS) is 14.0. The number of H-pyrrole nitrogens is 1. The number of nitrogens with zero attached hydrogens (tertiary/aromatic N) is 2. The number of alkyl carbamates (subject to hydrolysis) is 1. The number of ether oxygens (including phenoxy) is 1. The fraction of sp³-hybridized carbons (Fsp3) is 0.341. The Kier molecular flexibility index (Phi) is 14.9. The van der Waals surface area contributed by atoms with Gasteiger partial charge < -0.3 is 30.8 Å². The number of anilines is 1. The number of aliphatic hydroxyl groups is 1. The van der Waals surface area contributed by atoms with Crippen LogP contribution in [0.15, 0.2) is 115 Å². The summed E-state index contributed by atoms with van der Waals surface area (Å²) in [5.74, 6) is -2.00. The number of amides is 4. The zero-order valence-corrected chi connectivity index (χ0v) is 33.0. The van der Waals surface area contributed by atoms with E-state index in [4.69, 9.17) is 4.74 Å². The number of hydrogen-bond donors (Lipinski definition) is 6. The second-order valence-electron chi connectivity index (χ2n) is 14.8. The molecule has 0 radical (unpaired) electrons. The van der Waals surface area contributed by atoms with Crippen molar-refractivity contribution in [2.75, 3.05) is 11.9 Å². The summed E-state index contributed by atoms with van der Waals surface area (Å²) in [5.41, 5.74) is 3.89. The zero-order valence-electron chi connectivity index (χ0n) is 33.0. The van der Waals surface area contributed by atoms with Crippen LogP contribution in [0.3, 0.4) is 0 Å². The highest BCUT2D eigenvalue weighted by atomic mass is 16.5. The van der Waals surface area contributed by atoms with Crippen LogP contribution in [-0.2, 0) is 38.7 Å². The first-order valence-electron chi connectivity index (χ1n) is 19.2. The number of aromatic amines is 1. The second kappa shape index (κ2) is 20.2. The van der Waals surface area contributed by atoms with Crippen molar-refractivity contribution >= 4 is 40.8 Å². The lowest BCUT2D eigenvalue weighted by atomic mass is 9.93. The molecular weight excluding hydrogens is 723 g/mol. The number of imidazole rings is 1. The number of carbonyl (C=O) groups excluding carboxylic acids is 4. The third kappa shape index (κ3) is 11.7. The van der Waals surface area contributed by atoms with Gasteiger partial charge >= 0.3 is 6.09 Å². The van der Waals surface area contributed by atoms with E-state index in [-0.39, 0.29) is 31.4 Å². The number of fused-ring (bicyclic) bond motifs is 1. The first-order valence-corrected chi connectivity index (χ1v) is 19.2. The fourth-order valence-electron chi connectivity index (χ4n) is 6.42. The van der Waals surface area contributed by atoms with Crippen molar-refractivity contribution < 1.29 is 29.0 Å². The van der Waals surface area contributed by atoms with Crippen molar-refractivity contribution in [1.29, 1.82) is 0 Å². The van der Waals surface area contributed by atoms with Gasteiger partial charge in [0.25, 0.3) is 5.91 Å². The van der Waals surface area contributed by atoms with Gasteiger partial charge in [-0.2, -0.15) is 0 Å². The molecule has 0 fully saturated rings. The van der Waals surface area contributed by atoms with Gasteiger partial charge in [0.2, 0.25) is 17.8 Å². The summed E-state index contributed by atoms with van der Waals surface area (Å²) in [5, 5.41) is 24.0. The Labute approximate surface area is 333 Å². The van der Waals surface area contributed by atoms with Crippen LogP contribution in [0.2, 0.25) is 0 Å². The van der Waals surface area contributed by atoms with Crippen LogP contribution in [0, 0.1) is 11.8 Å². The van der Waals surface area contributed by atoms with E-state index < -0.39 is 54.1 Å². The van der Waals surface area contributed by atoms with Crippen LogP contribution < -0.4 is 26.2 Å². The van der Waals surface area contributed by atoms with Gasteiger partial charge in [-0.25, -0.2) is 9.78 Å². The van der Waals surface area contributed by atoms with Crippen molar-refractivity contribution in [3.8, 4) is 0 Å². The van der Waals surface area contributed by atoms with E-state index in [0.29, 0.717) is 11.5 Å². The molecule has 5 aromatic rings. The predicted molar refractivity (Wildman–Crippen MR) is 220 cm³/mol. The fourth-order valence-corrected chi connectivity index (χ4v) is 6.42. The second-order valence-corrected chi connectivity index (χ2v) is 14.8. The summed E-state index contributed by atoms with van der Waals surface area (Å²) in [7, 11) is 1.59. The lowest BCUT2D eigenvalue weighted by molar-refractivity contribution is -0.133. The van der Waals surface area contributed by atoms with E-state index in [1.54, 1.807) is 20.9 Å². The Balaban J connectivity index is 1.39. The molecule has 0 saturated carbocycles. The van der Waals surface area contributed by atoms with E-state index in [2.05, 4.69) is 31.2 Å². The van der Waals surface area contributed by atoms with Gasteiger partial charge in [0.05, 0.1) is 23.2 Å². The molecule has 5 atom stereocenters. The number of benzene rings is 4. The van der Waals surface area contributed by atoms with Gasteiger partial charge in [-0.05, 0) is 47.1 Å². The molecule has 6 N–H and O–H groups in total. The van der Waals surface area contributed by atoms with Crippen LogP contribution >= 0.6 is 0 Å². The summed E-state index contributed by atoms with van der Waals surface area (Å²) in [6.07, 6.45) is -2.13. The summed E-state index contributed by atoms with van der Waals surface area (Å²) in [4.78, 5) is 64.4. The minimum atomic E-state index is -1.51. The molecule has 0 aliphatic carbocycles. The zero-order chi connectivity index (χ0) is 40.9. The molecular formula is C44H53N7O6. The number of para-hydroxylation sites is 2. The highest BCUT2D eigenvalue weighted by molar-refractivity contribution is 5.99. The molecule has 0 aliphatic rings. The maximum absolute atomic E-state index is 14.4. The minimum absolute atomic E-state index is 0.0201. The van der Waals surface area contributed by atoms with Crippen molar-refractivity contribution in [2.45, 2.75) is 77.5 Å². The highest BCUT2D eigenvalue weighted by Gasteiger charge is 2.38. The Morgan fingerprint density at radius 2 is 1.23 bits per heavy atom. The van der Waals surface area contributed by atoms with Crippen LogP contribution in [0.25, 0.3) is 11.0 Å². The minimum Gasteiger partial charge on any atom is -0.445 e. The SMILES string of the molecule is CC(C)[C@H](NC(=O)OCc1ccccc1)C(=O)N[C@@H](Cc1ccccc1)[C@H](O)C(NCc1ccccc1)C(=O)N[C@@H](C(=O)N(C)c1nc2ccccc2[nH]1)C(C)C. The number of aliphatic hydroxyl groups excluding tert-OH is 1. The highest BCUT2D eigenvalue weighted by Crippen LogP contribution is 2.19.